The third-order valence-electron chi connectivity index (χ3n) is 21.0. The number of carbonyl (C=O) groups is 4. The van der Waals surface area contributed by atoms with Gasteiger partial charge in [0.15, 0.2) is 12.2 Å². The van der Waals surface area contributed by atoms with Gasteiger partial charge in [0.1, 0.15) is 19.3 Å². The molecule has 0 saturated heterocycles. The van der Waals surface area contributed by atoms with E-state index in [1.54, 1.807) is 0 Å². The van der Waals surface area contributed by atoms with Gasteiger partial charge in [0.2, 0.25) is 0 Å². The second-order valence-electron chi connectivity index (χ2n) is 32.9. The van der Waals surface area contributed by atoms with E-state index in [0.29, 0.717) is 31.6 Å². The van der Waals surface area contributed by atoms with Gasteiger partial charge >= 0.3 is 39.5 Å². The minimum absolute atomic E-state index is 0.106. The number of aliphatic hydroxyl groups is 1. The van der Waals surface area contributed by atoms with Crippen molar-refractivity contribution in [2.45, 2.75) is 496 Å². The van der Waals surface area contributed by atoms with Gasteiger partial charge in [-0.25, -0.2) is 9.13 Å². The molecule has 17 nitrogen and oxygen atoms in total. The Morgan fingerprint density at radius 2 is 0.426 bits per heavy atom. The Balaban J connectivity index is 5.21. The van der Waals surface area contributed by atoms with Gasteiger partial charge < -0.3 is 33.8 Å². The molecule has 0 radical (unpaired) electrons. The fourth-order valence-corrected chi connectivity index (χ4v) is 15.5. The summed E-state index contributed by atoms with van der Waals surface area (Å²) in [4.78, 5) is 73.3. The van der Waals surface area contributed by atoms with Crippen LogP contribution < -0.4 is 0 Å². The fraction of sp³-hybridized carbons (Fsp3) is 0.955. The molecule has 0 aliphatic heterocycles. The van der Waals surface area contributed by atoms with E-state index in [9.17, 15) is 43.2 Å². The molecule has 642 valence electrons. The van der Waals surface area contributed by atoms with Crippen LogP contribution in [0.4, 0.5) is 0 Å². The van der Waals surface area contributed by atoms with E-state index in [1.165, 1.54) is 289 Å². The molecule has 3 N–H and O–H groups in total. The van der Waals surface area contributed by atoms with Crippen LogP contribution in [0.2, 0.25) is 0 Å². The number of carbonyl (C=O) groups excluding carboxylic acids is 4. The highest BCUT2D eigenvalue weighted by Gasteiger charge is 2.31. The highest BCUT2D eigenvalue weighted by Crippen LogP contribution is 2.45. The molecular weight excluding hydrogens is 1400 g/mol. The summed E-state index contributed by atoms with van der Waals surface area (Å²) in [5.41, 5.74) is 0. The van der Waals surface area contributed by atoms with Gasteiger partial charge in [0, 0.05) is 25.7 Å². The first-order chi connectivity index (χ1) is 52.4. The Morgan fingerprint density at radius 3 is 0.630 bits per heavy atom. The molecule has 0 saturated carbocycles. The van der Waals surface area contributed by atoms with Gasteiger partial charge in [0.25, 0.3) is 0 Å². The number of unbranched alkanes of at least 4 members (excludes halogenated alkanes) is 58. The normalized spacial score (nSPS) is 13.8. The number of phosphoric acid groups is 2. The molecule has 0 heterocycles. The molecule has 0 spiro atoms. The van der Waals surface area contributed by atoms with Crippen molar-refractivity contribution in [2.24, 2.45) is 11.8 Å². The molecule has 5 atom stereocenters. The molecule has 0 bridgehead atoms. The predicted octanol–water partition coefficient (Wildman–Crippen LogP) is 27.4. The molecule has 0 aromatic carbocycles. The molecule has 0 fully saturated rings. The first-order valence-corrected chi connectivity index (χ1v) is 49.0. The summed E-state index contributed by atoms with van der Waals surface area (Å²) < 4.78 is 68.9. The Hall–Kier alpha value is -1.94. The number of rotatable bonds is 88. The van der Waals surface area contributed by atoms with E-state index in [2.05, 4.69) is 41.5 Å². The van der Waals surface area contributed by atoms with Crippen LogP contribution in [0.3, 0.4) is 0 Å². The molecule has 0 aliphatic carbocycles. The molecule has 0 amide bonds. The average molecular weight is 1580 g/mol. The number of hydrogen-bond donors (Lipinski definition) is 3. The monoisotopic (exact) mass is 1580 g/mol. The standard InChI is InChI=1S/C89H174O17P2/c1-7-9-11-13-15-17-19-21-23-25-27-29-31-33-35-37-39-44-48-54-61-67-73-88(93)105-84(77-99-86(91)71-65-59-53-47-43-38-36-34-32-30-28-26-24-22-20-18-16-14-12-10-8-2)79-103-107(95,96)101-75-83(90)76-102-108(97,98)104-80-85(78-100-87(92)72-66-60-56-50-52-58-64-70-82(5)6)106-89(94)74-68-62-55-49-45-41-40-42-46-51-57-63-69-81(3)4/h81-85,90H,7-80H2,1-6H3,(H,95,96)(H,97,98)/t83-,84-,85-/m1/s1. The van der Waals surface area contributed by atoms with Crippen molar-refractivity contribution in [3.63, 3.8) is 0 Å². The topological polar surface area (TPSA) is 237 Å². The number of ether oxygens (including phenoxy) is 4. The predicted molar refractivity (Wildman–Crippen MR) is 446 cm³/mol. The molecule has 2 unspecified atom stereocenters. The Morgan fingerprint density at radius 1 is 0.250 bits per heavy atom. The SMILES string of the molecule is CCCCCCCCCCCCCCCCCCCCCCCCC(=O)O[C@H](COC(=O)CCCCCCCCCCCCCCCCCCCCCCC)COP(=O)(O)OC[C@@H](O)COP(=O)(O)OC[C@@H](COC(=O)CCCCCCCCCC(C)C)OC(=O)CCCCCCCCCCCCCCC(C)C. The van der Waals surface area contributed by atoms with E-state index in [4.69, 9.17) is 37.0 Å². The van der Waals surface area contributed by atoms with Crippen LogP contribution in [-0.4, -0.2) is 96.7 Å². The average Bonchev–Trinajstić information content (AvgIpc) is 0.899. The summed E-state index contributed by atoms with van der Waals surface area (Å²) in [5.74, 6) is -0.621. The molecule has 0 aliphatic rings. The van der Waals surface area contributed by atoms with Crippen LogP contribution >= 0.6 is 15.6 Å². The largest absolute Gasteiger partial charge is 0.472 e. The summed E-state index contributed by atoms with van der Waals surface area (Å²) >= 11 is 0. The molecule has 19 heteroatoms. The Labute approximate surface area is 664 Å². The lowest BCUT2D eigenvalue weighted by atomic mass is 10.0. The maximum atomic E-state index is 13.2. The third-order valence-corrected chi connectivity index (χ3v) is 22.9. The van der Waals surface area contributed by atoms with E-state index < -0.39 is 97.5 Å². The second-order valence-corrected chi connectivity index (χ2v) is 35.8. The Bertz CT molecular complexity index is 2060. The van der Waals surface area contributed by atoms with Crippen LogP contribution in [0.15, 0.2) is 0 Å². The zero-order valence-corrected chi connectivity index (χ0v) is 73.0. The number of hydrogen-bond acceptors (Lipinski definition) is 15. The summed E-state index contributed by atoms with van der Waals surface area (Å²) in [6, 6.07) is 0. The number of esters is 4. The third kappa shape index (κ3) is 82.1. The van der Waals surface area contributed by atoms with Crippen molar-refractivity contribution in [2.75, 3.05) is 39.6 Å². The summed E-state index contributed by atoms with van der Waals surface area (Å²) in [5, 5.41) is 10.7. The molecule has 108 heavy (non-hydrogen) atoms. The van der Waals surface area contributed by atoms with Crippen LogP contribution in [0.5, 0.6) is 0 Å². The van der Waals surface area contributed by atoms with Crippen LogP contribution in [-0.2, 0) is 65.4 Å². The van der Waals surface area contributed by atoms with Crippen LogP contribution in [0.25, 0.3) is 0 Å². The fourth-order valence-electron chi connectivity index (χ4n) is 14.0. The van der Waals surface area contributed by atoms with Crippen molar-refractivity contribution in [1.29, 1.82) is 0 Å². The highest BCUT2D eigenvalue weighted by atomic mass is 31.2. The lowest BCUT2D eigenvalue weighted by molar-refractivity contribution is -0.161. The van der Waals surface area contributed by atoms with Crippen molar-refractivity contribution < 1.29 is 80.2 Å². The van der Waals surface area contributed by atoms with E-state index >= 15 is 0 Å². The summed E-state index contributed by atoms with van der Waals surface area (Å²) in [7, 11) is -9.93. The second kappa shape index (κ2) is 80.3. The van der Waals surface area contributed by atoms with Crippen molar-refractivity contribution in [3.05, 3.63) is 0 Å². The van der Waals surface area contributed by atoms with Crippen molar-refractivity contribution in [1.82, 2.24) is 0 Å². The highest BCUT2D eigenvalue weighted by molar-refractivity contribution is 7.47. The first-order valence-electron chi connectivity index (χ1n) is 46.0. The summed E-state index contributed by atoms with van der Waals surface area (Å²) in [6.07, 6.45) is 74.0. The smallest absolute Gasteiger partial charge is 0.462 e. The van der Waals surface area contributed by atoms with Crippen molar-refractivity contribution in [3.8, 4) is 0 Å². The number of phosphoric ester groups is 2. The molecule has 0 aromatic heterocycles. The maximum Gasteiger partial charge on any atom is 0.472 e. The first kappa shape index (κ1) is 106. The van der Waals surface area contributed by atoms with E-state index in [0.717, 1.165) is 102 Å². The molecule has 0 aromatic rings. The van der Waals surface area contributed by atoms with Gasteiger partial charge in [-0.1, -0.05) is 427 Å². The minimum Gasteiger partial charge on any atom is -0.462 e. The van der Waals surface area contributed by atoms with Gasteiger partial charge in [-0.2, -0.15) is 0 Å². The Kier molecular flexibility index (Phi) is 78.8. The minimum atomic E-state index is -4.97. The van der Waals surface area contributed by atoms with Gasteiger partial charge in [-0.05, 0) is 37.5 Å². The summed E-state index contributed by atoms with van der Waals surface area (Å²) in [6.45, 7) is 9.63. The maximum absolute atomic E-state index is 13.2. The van der Waals surface area contributed by atoms with Crippen LogP contribution in [0, 0.1) is 11.8 Å². The van der Waals surface area contributed by atoms with Gasteiger partial charge in [-0.3, -0.25) is 37.3 Å². The van der Waals surface area contributed by atoms with E-state index in [1.807, 2.05) is 0 Å². The zero-order valence-electron chi connectivity index (χ0n) is 71.2. The van der Waals surface area contributed by atoms with E-state index in [-0.39, 0.29) is 25.7 Å². The van der Waals surface area contributed by atoms with Gasteiger partial charge in [0.05, 0.1) is 26.4 Å². The lowest BCUT2D eigenvalue weighted by Gasteiger charge is -2.21. The molecular formula is C89H174O17P2. The lowest BCUT2D eigenvalue weighted by Crippen LogP contribution is -2.30. The van der Waals surface area contributed by atoms with Gasteiger partial charge in [-0.15, -0.1) is 0 Å². The quantitative estimate of drug-likeness (QED) is 0.0222. The zero-order chi connectivity index (χ0) is 79.2. The van der Waals surface area contributed by atoms with Crippen LogP contribution in [0.1, 0.15) is 478 Å². The van der Waals surface area contributed by atoms with Crippen molar-refractivity contribution >= 4 is 39.5 Å². The number of aliphatic hydroxyl groups excluding tert-OH is 1. The molecule has 0 rings (SSSR count).